The molecule has 80 valence electrons. The van der Waals surface area contributed by atoms with E-state index in [1.165, 1.54) is 6.07 Å². The average molecular weight is 279 g/mol. The van der Waals surface area contributed by atoms with Crippen molar-refractivity contribution in [1.82, 2.24) is 0 Å². The number of fused-ring (bicyclic) bond motifs is 1. The number of hydrogen-bond acceptors (Lipinski definition) is 1. The zero-order valence-electron chi connectivity index (χ0n) is 7.49. The Kier molecular flexibility index (Phi) is 2.37. The number of alkyl halides is 2. The van der Waals surface area contributed by atoms with Crippen molar-refractivity contribution in [3.63, 3.8) is 0 Å². The molecule has 5 heteroatoms. The first kappa shape index (κ1) is 10.7. The first-order chi connectivity index (χ1) is 6.92. The first-order valence-electron chi connectivity index (χ1n) is 4.32. The van der Waals surface area contributed by atoms with Gasteiger partial charge >= 0.3 is 0 Å². The van der Waals surface area contributed by atoms with Crippen LogP contribution in [-0.2, 0) is 5.92 Å². The Morgan fingerprint density at radius 3 is 2.67 bits per heavy atom. The molecule has 0 spiro atoms. The van der Waals surface area contributed by atoms with Crippen LogP contribution in [0.3, 0.4) is 0 Å². The molecule has 1 aromatic rings. The van der Waals surface area contributed by atoms with Crippen LogP contribution in [0, 0.1) is 5.82 Å². The van der Waals surface area contributed by atoms with Gasteiger partial charge in [-0.05, 0) is 12.1 Å². The molecule has 15 heavy (non-hydrogen) atoms. The topological polar surface area (TPSA) is 17.1 Å². The molecule has 0 unspecified atom stereocenters. The van der Waals surface area contributed by atoms with Crippen LogP contribution in [0.5, 0.6) is 0 Å². The number of Topliss-reactive ketones (excluding diaryl/α,β-unsaturated/α-hetero) is 1. The van der Waals surface area contributed by atoms with Crippen molar-refractivity contribution in [2.24, 2.45) is 0 Å². The van der Waals surface area contributed by atoms with Gasteiger partial charge in [-0.25, -0.2) is 13.2 Å². The van der Waals surface area contributed by atoms with Crippen LogP contribution < -0.4 is 0 Å². The Hall–Kier alpha value is -0.840. The zero-order chi connectivity index (χ0) is 11.2. The van der Waals surface area contributed by atoms with Crippen molar-refractivity contribution in [2.75, 3.05) is 0 Å². The van der Waals surface area contributed by atoms with Gasteiger partial charge in [-0.15, -0.1) is 0 Å². The van der Waals surface area contributed by atoms with Crippen molar-refractivity contribution < 1.29 is 18.0 Å². The number of benzene rings is 1. The molecule has 0 bridgehead atoms. The van der Waals surface area contributed by atoms with E-state index in [1.54, 1.807) is 0 Å². The molecule has 0 atom stereocenters. The molecule has 0 aliphatic heterocycles. The molecular weight excluding hydrogens is 273 g/mol. The van der Waals surface area contributed by atoms with E-state index < -0.39 is 29.5 Å². The molecule has 1 aliphatic rings. The Morgan fingerprint density at radius 2 is 2.00 bits per heavy atom. The normalized spacial score (nSPS) is 18.8. The molecule has 0 saturated carbocycles. The average Bonchev–Trinajstić information content (AvgIpc) is 2.10. The lowest BCUT2D eigenvalue weighted by Gasteiger charge is -2.24. The van der Waals surface area contributed by atoms with Crippen LogP contribution in [0.15, 0.2) is 16.6 Å². The SMILES string of the molecule is O=C1CCC(F)(F)c2c(F)cc(Br)cc21. The van der Waals surface area contributed by atoms with Crippen LogP contribution in [0.25, 0.3) is 0 Å². The molecule has 1 aliphatic carbocycles. The quantitative estimate of drug-likeness (QED) is 0.708. The van der Waals surface area contributed by atoms with Crippen molar-refractivity contribution >= 4 is 21.7 Å². The van der Waals surface area contributed by atoms with E-state index in [0.717, 1.165) is 6.07 Å². The number of halogens is 4. The predicted molar refractivity (Wildman–Crippen MR) is 51.6 cm³/mol. The number of hydrogen-bond donors (Lipinski definition) is 0. The Morgan fingerprint density at radius 1 is 1.33 bits per heavy atom. The molecule has 0 aromatic heterocycles. The minimum absolute atomic E-state index is 0.210. The number of rotatable bonds is 0. The van der Waals surface area contributed by atoms with Gasteiger partial charge in [0.05, 0.1) is 5.56 Å². The largest absolute Gasteiger partial charge is 0.294 e. The van der Waals surface area contributed by atoms with E-state index >= 15 is 0 Å². The molecule has 0 heterocycles. The summed E-state index contributed by atoms with van der Waals surface area (Å²) in [6.45, 7) is 0. The monoisotopic (exact) mass is 278 g/mol. The summed E-state index contributed by atoms with van der Waals surface area (Å²) in [6, 6.07) is 2.19. The lowest BCUT2D eigenvalue weighted by atomic mass is 9.87. The summed E-state index contributed by atoms with van der Waals surface area (Å²) < 4.78 is 40.3. The highest BCUT2D eigenvalue weighted by Crippen LogP contribution is 2.42. The lowest BCUT2D eigenvalue weighted by molar-refractivity contribution is -0.0225. The number of carbonyl (C=O) groups excluding carboxylic acids is 1. The van der Waals surface area contributed by atoms with Gasteiger partial charge in [-0.3, -0.25) is 4.79 Å². The fourth-order valence-electron chi connectivity index (χ4n) is 1.70. The van der Waals surface area contributed by atoms with Crippen molar-refractivity contribution in [2.45, 2.75) is 18.8 Å². The summed E-state index contributed by atoms with van der Waals surface area (Å²) >= 11 is 2.97. The molecule has 2 rings (SSSR count). The summed E-state index contributed by atoms with van der Waals surface area (Å²) in [6.07, 6.45) is -0.854. The molecular formula is C10H6BrF3O. The molecule has 1 nitrogen and oxygen atoms in total. The summed E-state index contributed by atoms with van der Waals surface area (Å²) in [7, 11) is 0. The summed E-state index contributed by atoms with van der Waals surface area (Å²) in [5, 5.41) is 0. The summed E-state index contributed by atoms with van der Waals surface area (Å²) in [5.74, 6) is -4.71. The third-order valence-electron chi connectivity index (χ3n) is 2.39. The molecule has 0 N–H and O–H groups in total. The minimum atomic E-state index is -3.24. The van der Waals surface area contributed by atoms with Crippen molar-refractivity contribution in [1.29, 1.82) is 0 Å². The summed E-state index contributed by atoms with van der Waals surface area (Å²) in [4.78, 5) is 11.4. The highest BCUT2D eigenvalue weighted by Gasteiger charge is 2.42. The number of ketones is 1. The van der Waals surface area contributed by atoms with E-state index in [4.69, 9.17) is 0 Å². The molecule has 0 fully saturated rings. The van der Waals surface area contributed by atoms with Crippen LogP contribution in [0.1, 0.15) is 28.8 Å². The maximum atomic E-state index is 13.4. The fourth-order valence-corrected chi connectivity index (χ4v) is 2.13. The Balaban J connectivity index is 2.73. The van der Waals surface area contributed by atoms with Gasteiger partial charge in [-0.1, -0.05) is 15.9 Å². The highest BCUT2D eigenvalue weighted by molar-refractivity contribution is 9.10. The Labute approximate surface area is 92.4 Å². The van der Waals surface area contributed by atoms with E-state index in [1.807, 2.05) is 0 Å². The van der Waals surface area contributed by atoms with E-state index in [0.29, 0.717) is 4.47 Å². The second kappa shape index (κ2) is 3.33. The van der Waals surface area contributed by atoms with Gasteiger partial charge in [0.1, 0.15) is 5.82 Å². The van der Waals surface area contributed by atoms with E-state index in [2.05, 4.69) is 15.9 Å². The van der Waals surface area contributed by atoms with Crippen LogP contribution in [0.4, 0.5) is 13.2 Å². The second-order valence-corrected chi connectivity index (χ2v) is 4.35. The maximum absolute atomic E-state index is 13.4. The van der Waals surface area contributed by atoms with Crippen LogP contribution >= 0.6 is 15.9 Å². The first-order valence-corrected chi connectivity index (χ1v) is 5.11. The van der Waals surface area contributed by atoms with Crippen molar-refractivity contribution in [3.8, 4) is 0 Å². The van der Waals surface area contributed by atoms with Crippen molar-refractivity contribution in [3.05, 3.63) is 33.5 Å². The predicted octanol–water partition coefficient (Wildman–Crippen LogP) is 3.66. The molecule has 1 aromatic carbocycles. The van der Waals surface area contributed by atoms with E-state index in [9.17, 15) is 18.0 Å². The van der Waals surface area contributed by atoms with Gasteiger partial charge in [0, 0.05) is 22.9 Å². The third-order valence-corrected chi connectivity index (χ3v) is 2.85. The smallest absolute Gasteiger partial charge is 0.277 e. The van der Waals surface area contributed by atoms with Gasteiger partial charge in [-0.2, -0.15) is 0 Å². The van der Waals surface area contributed by atoms with Crippen LogP contribution in [-0.4, -0.2) is 5.78 Å². The maximum Gasteiger partial charge on any atom is 0.277 e. The standard InChI is InChI=1S/C10H6BrF3O/c11-5-3-6-8(15)1-2-10(13,14)9(6)7(12)4-5/h3-4H,1-2H2. The fraction of sp³-hybridized carbons (Fsp3) is 0.300. The Bertz CT molecular complexity index is 443. The van der Waals surface area contributed by atoms with Gasteiger partial charge < -0.3 is 0 Å². The number of carbonyl (C=O) groups is 1. The van der Waals surface area contributed by atoms with Crippen LogP contribution in [0.2, 0.25) is 0 Å². The van der Waals surface area contributed by atoms with Gasteiger partial charge in [0.15, 0.2) is 5.78 Å². The summed E-state index contributed by atoms with van der Waals surface area (Å²) in [5.41, 5.74) is -0.972. The molecule has 0 amide bonds. The third kappa shape index (κ3) is 1.69. The van der Waals surface area contributed by atoms with E-state index in [-0.39, 0.29) is 12.0 Å². The molecule has 0 radical (unpaired) electrons. The second-order valence-electron chi connectivity index (χ2n) is 3.44. The van der Waals surface area contributed by atoms with Gasteiger partial charge in [0.2, 0.25) is 0 Å². The minimum Gasteiger partial charge on any atom is -0.294 e. The highest BCUT2D eigenvalue weighted by atomic mass is 79.9. The zero-order valence-corrected chi connectivity index (χ0v) is 9.08. The lowest BCUT2D eigenvalue weighted by Crippen LogP contribution is -2.26. The molecule has 0 saturated heterocycles. The van der Waals surface area contributed by atoms with Gasteiger partial charge in [0.25, 0.3) is 5.92 Å².